The van der Waals surface area contributed by atoms with Gasteiger partial charge in [0.05, 0.1) is 31.4 Å². The van der Waals surface area contributed by atoms with E-state index in [0.717, 1.165) is 17.0 Å². The van der Waals surface area contributed by atoms with Crippen molar-refractivity contribution in [1.82, 2.24) is 30.5 Å². The number of pyridine rings is 1. The number of cyclic esters (lactones) is 1. The van der Waals surface area contributed by atoms with Crippen molar-refractivity contribution >= 4 is 17.7 Å². The number of hydrogen-bond acceptors (Lipinski definition) is 7. The van der Waals surface area contributed by atoms with Crippen LogP contribution in [0.3, 0.4) is 0 Å². The molecule has 1 saturated heterocycles. The zero-order valence-electron chi connectivity index (χ0n) is 16.5. The average Bonchev–Trinajstić information content (AvgIpc) is 3.32. The Bertz CT molecular complexity index is 1130. The predicted octanol–water partition coefficient (Wildman–Crippen LogP) is 1.68. The van der Waals surface area contributed by atoms with E-state index in [1.807, 2.05) is 0 Å². The molecule has 160 valence electrons. The first-order chi connectivity index (χ1) is 14.8. The highest BCUT2D eigenvalue weighted by Crippen LogP contribution is 2.32. The lowest BCUT2D eigenvalue weighted by molar-refractivity contribution is -0.119. The molecule has 0 radical (unpaired) electrons. The summed E-state index contributed by atoms with van der Waals surface area (Å²) in [4.78, 5) is 29.6. The number of nitrogens with one attached hydrogen (secondary N) is 1. The fourth-order valence-electron chi connectivity index (χ4n) is 3.15. The van der Waals surface area contributed by atoms with Gasteiger partial charge in [-0.25, -0.2) is 13.6 Å². The molecule has 1 aliphatic heterocycles. The van der Waals surface area contributed by atoms with Crippen LogP contribution >= 0.6 is 0 Å². The zero-order chi connectivity index (χ0) is 22.1. The second-order valence-electron chi connectivity index (χ2n) is 6.87. The molecule has 10 nitrogen and oxygen atoms in total. The lowest BCUT2D eigenvalue weighted by Gasteiger charge is -2.15. The third kappa shape index (κ3) is 4.17. The number of tetrazole rings is 1. The van der Waals surface area contributed by atoms with Crippen LogP contribution in [0.15, 0.2) is 30.5 Å². The van der Waals surface area contributed by atoms with Gasteiger partial charge < -0.3 is 10.1 Å². The summed E-state index contributed by atoms with van der Waals surface area (Å²) in [6.45, 7) is 1.50. The lowest BCUT2D eigenvalue weighted by Crippen LogP contribution is -2.33. The summed E-state index contributed by atoms with van der Waals surface area (Å²) in [6.07, 6.45) is -0.0569. The number of carbonyl (C=O) groups is 2. The number of rotatable bonds is 5. The number of benzene rings is 1. The molecule has 2 amide bonds. The summed E-state index contributed by atoms with van der Waals surface area (Å²) < 4.78 is 34.8. The van der Waals surface area contributed by atoms with Gasteiger partial charge in [-0.05, 0) is 23.4 Å². The van der Waals surface area contributed by atoms with Gasteiger partial charge in [-0.1, -0.05) is 6.07 Å². The van der Waals surface area contributed by atoms with Crippen molar-refractivity contribution in [1.29, 1.82) is 0 Å². The van der Waals surface area contributed by atoms with Gasteiger partial charge in [0.15, 0.2) is 0 Å². The minimum Gasteiger partial charge on any atom is -0.442 e. The molecule has 1 aromatic carbocycles. The van der Waals surface area contributed by atoms with Gasteiger partial charge in [0.1, 0.15) is 23.4 Å². The Morgan fingerprint density at radius 2 is 2.03 bits per heavy atom. The number of carbonyl (C=O) groups excluding carboxylic acids is 2. The van der Waals surface area contributed by atoms with Crippen molar-refractivity contribution in [3.05, 3.63) is 42.1 Å². The number of anilines is 1. The maximum absolute atomic E-state index is 14.8. The van der Waals surface area contributed by atoms with Crippen LogP contribution in [0.25, 0.3) is 22.6 Å². The van der Waals surface area contributed by atoms with E-state index in [1.165, 1.54) is 30.0 Å². The second kappa shape index (κ2) is 8.05. The van der Waals surface area contributed by atoms with E-state index in [-0.39, 0.29) is 41.6 Å². The van der Waals surface area contributed by atoms with Crippen LogP contribution in [-0.2, 0) is 16.6 Å². The number of halogens is 2. The standard InChI is InChI=1S/C19H17F2N7O3/c1-10(29)22-8-13-9-28(19(30)31-13)12-5-14(20)17(15(21)6-12)11-3-4-16(23-7-11)18-24-26-27(2)25-18/h3-7,13H,8-9H2,1-2H3,(H,22,29)/t13-/m0/s1. The van der Waals surface area contributed by atoms with Crippen molar-refractivity contribution in [2.24, 2.45) is 7.05 Å². The molecule has 0 saturated carbocycles. The molecule has 12 heteroatoms. The van der Waals surface area contributed by atoms with Crippen LogP contribution in [0.4, 0.5) is 19.3 Å². The first kappa shape index (κ1) is 20.3. The maximum Gasteiger partial charge on any atom is 0.414 e. The third-order valence-electron chi connectivity index (χ3n) is 4.58. The summed E-state index contributed by atoms with van der Waals surface area (Å²) in [5.74, 6) is -1.71. The number of aryl methyl sites for hydroxylation is 1. The lowest BCUT2D eigenvalue weighted by atomic mass is 10.0. The van der Waals surface area contributed by atoms with Gasteiger partial charge in [-0.2, -0.15) is 4.80 Å². The van der Waals surface area contributed by atoms with E-state index >= 15 is 0 Å². The second-order valence-corrected chi connectivity index (χ2v) is 6.87. The SMILES string of the molecule is CC(=O)NC[C@H]1CN(c2cc(F)c(-c3ccc(-c4nnn(C)n4)nc3)c(F)c2)C(=O)O1. The Labute approximate surface area is 174 Å². The molecule has 0 bridgehead atoms. The van der Waals surface area contributed by atoms with Crippen LogP contribution in [-0.4, -0.2) is 56.4 Å². The van der Waals surface area contributed by atoms with Crippen molar-refractivity contribution in [3.63, 3.8) is 0 Å². The highest BCUT2D eigenvalue weighted by Gasteiger charge is 2.33. The average molecular weight is 429 g/mol. The monoisotopic (exact) mass is 429 g/mol. The minimum absolute atomic E-state index is 0.0161. The summed E-state index contributed by atoms with van der Waals surface area (Å²) in [5, 5.41) is 14.1. The predicted molar refractivity (Wildman–Crippen MR) is 104 cm³/mol. The van der Waals surface area contributed by atoms with Gasteiger partial charge in [-0.3, -0.25) is 14.7 Å². The Hall–Kier alpha value is -3.96. The molecule has 1 atom stereocenters. The molecule has 1 fully saturated rings. The molecule has 2 aromatic heterocycles. The van der Waals surface area contributed by atoms with E-state index in [1.54, 1.807) is 7.05 Å². The number of aromatic nitrogens is 5. The minimum atomic E-state index is -0.861. The maximum atomic E-state index is 14.8. The van der Waals surface area contributed by atoms with Crippen LogP contribution in [0.1, 0.15) is 6.92 Å². The van der Waals surface area contributed by atoms with Crippen molar-refractivity contribution < 1.29 is 23.1 Å². The molecule has 1 aliphatic rings. The number of ether oxygens (including phenoxy) is 1. The van der Waals surface area contributed by atoms with Gasteiger partial charge >= 0.3 is 6.09 Å². The summed E-state index contributed by atoms with van der Waals surface area (Å²) in [5.41, 5.74) is 0.348. The van der Waals surface area contributed by atoms with Crippen LogP contribution < -0.4 is 10.2 Å². The number of nitrogens with zero attached hydrogens (tertiary/aromatic N) is 6. The Kier molecular flexibility index (Phi) is 5.28. The topological polar surface area (TPSA) is 115 Å². The van der Waals surface area contributed by atoms with E-state index in [0.29, 0.717) is 5.69 Å². The van der Waals surface area contributed by atoms with E-state index in [4.69, 9.17) is 4.74 Å². The third-order valence-corrected chi connectivity index (χ3v) is 4.58. The smallest absolute Gasteiger partial charge is 0.414 e. The van der Waals surface area contributed by atoms with Crippen molar-refractivity contribution in [2.75, 3.05) is 18.0 Å². The molecular formula is C19H17F2N7O3. The Morgan fingerprint density at radius 1 is 1.29 bits per heavy atom. The summed E-state index contributed by atoms with van der Waals surface area (Å²) >= 11 is 0. The molecule has 4 rings (SSSR count). The fourth-order valence-corrected chi connectivity index (χ4v) is 3.15. The van der Waals surface area contributed by atoms with Gasteiger partial charge in [0.25, 0.3) is 0 Å². The van der Waals surface area contributed by atoms with Gasteiger partial charge in [0, 0.05) is 18.7 Å². The highest BCUT2D eigenvalue weighted by atomic mass is 19.1. The first-order valence-corrected chi connectivity index (χ1v) is 9.24. The summed E-state index contributed by atoms with van der Waals surface area (Å²) in [6, 6.07) is 5.13. The zero-order valence-corrected chi connectivity index (χ0v) is 16.5. The molecule has 3 heterocycles. The van der Waals surface area contributed by atoms with Crippen molar-refractivity contribution in [2.45, 2.75) is 13.0 Å². The quantitative estimate of drug-likeness (QED) is 0.656. The summed E-state index contributed by atoms with van der Waals surface area (Å²) in [7, 11) is 1.61. The molecule has 0 spiro atoms. The molecule has 0 aliphatic carbocycles. The highest BCUT2D eigenvalue weighted by molar-refractivity contribution is 5.90. The van der Waals surface area contributed by atoms with Crippen molar-refractivity contribution in [3.8, 4) is 22.6 Å². The Balaban J connectivity index is 1.56. The van der Waals surface area contributed by atoms with Gasteiger partial charge in [0.2, 0.25) is 11.7 Å². The van der Waals surface area contributed by atoms with Crippen LogP contribution in [0.2, 0.25) is 0 Å². The number of hydrogen-bond donors (Lipinski definition) is 1. The fraction of sp³-hybridized carbons (Fsp3) is 0.263. The molecule has 31 heavy (non-hydrogen) atoms. The van der Waals surface area contributed by atoms with Gasteiger partial charge in [-0.15, -0.1) is 10.2 Å². The molecule has 1 N–H and O–H groups in total. The molecular weight excluding hydrogens is 412 g/mol. The Morgan fingerprint density at radius 3 is 2.61 bits per heavy atom. The normalized spacial score (nSPS) is 15.8. The van der Waals surface area contributed by atoms with E-state index in [9.17, 15) is 18.4 Å². The molecule has 3 aromatic rings. The van der Waals surface area contributed by atoms with Crippen LogP contribution in [0.5, 0.6) is 0 Å². The number of amides is 2. The molecule has 0 unspecified atom stereocenters. The largest absolute Gasteiger partial charge is 0.442 e. The van der Waals surface area contributed by atoms with E-state index < -0.39 is 23.8 Å². The van der Waals surface area contributed by atoms with E-state index in [2.05, 4.69) is 25.7 Å². The first-order valence-electron chi connectivity index (χ1n) is 9.24. The van der Waals surface area contributed by atoms with Crippen LogP contribution in [0, 0.1) is 11.6 Å².